The molecule has 17 heavy (non-hydrogen) atoms. The summed E-state index contributed by atoms with van der Waals surface area (Å²) in [6.45, 7) is 6.16. The second-order valence-corrected chi connectivity index (χ2v) is 3.65. The fraction of sp³-hybridized carbons (Fsp3) is 0.600. The first-order valence-electron chi connectivity index (χ1n) is 5.66. The molecule has 7 nitrogen and oxygen atoms in total. The van der Waals surface area contributed by atoms with Gasteiger partial charge in [0, 0.05) is 19.5 Å². The molecule has 0 aromatic carbocycles. The fourth-order valence-corrected chi connectivity index (χ4v) is 1.53. The van der Waals surface area contributed by atoms with Crippen LogP contribution in [0.5, 0.6) is 0 Å². The first-order valence-corrected chi connectivity index (χ1v) is 5.66. The van der Waals surface area contributed by atoms with E-state index < -0.39 is 0 Å². The molecule has 0 atom stereocenters. The summed E-state index contributed by atoms with van der Waals surface area (Å²) in [7, 11) is 0. The topological polar surface area (TPSA) is 81.7 Å². The fourth-order valence-electron chi connectivity index (χ4n) is 1.53. The number of nitrogens with one attached hydrogen (secondary N) is 1. The first kappa shape index (κ1) is 11.7. The van der Waals surface area contributed by atoms with Crippen LogP contribution in [0.1, 0.15) is 24.5 Å². The molecule has 0 aliphatic carbocycles. The third-order valence-corrected chi connectivity index (χ3v) is 2.36. The third kappa shape index (κ3) is 3.10. The molecule has 92 valence electrons. The van der Waals surface area contributed by atoms with Gasteiger partial charge < -0.3 is 9.84 Å². The molecule has 0 unspecified atom stereocenters. The van der Waals surface area contributed by atoms with E-state index in [-0.39, 0.29) is 0 Å². The van der Waals surface area contributed by atoms with E-state index in [2.05, 4.69) is 25.5 Å². The van der Waals surface area contributed by atoms with Gasteiger partial charge in [0.25, 0.3) is 0 Å². The van der Waals surface area contributed by atoms with Gasteiger partial charge in [0.2, 0.25) is 5.89 Å². The molecule has 2 aromatic heterocycles. The number of hydrogen-bond donors (Lipinski definition) is 1. The molecule has 0 saturated carbocycles. The number of aryl methyl sites for hydroxylation is 2. The van der Waals surface area contributed by atoms with Gasteiger partial charge in [-0.25, -0.2) is 9.67 Å². The lowest BCUT2D eigenvalue weighted by atomic mass is 10.4. The van der Waals surface area contributed by atoms with Crippen molar-refractivity contribution in [3.05, 3.63) is 23.9 Å². The summed E-state index contributed by atoms with van der Waals surface area (Å²) in [6, 6.07) is 0. The van der Waals surface area contributed by atoms with Crippen LogP contribution in [0.15, 0.2) is 10.9 Å². The van der Waals surface area contributed by atoms with E-state index in [9.17, 15) is 0 Å². The summed E-state index contributed by atoms with van der Waals surface area (Å²) >= 11 is 0. The zero-order valence-electron chi connectivity index (χ0n) is 10.1. The van der Waals surface area contributed by atoms with E-state index >= 15 is 0 Å². The SMILES string of the molecule is CCn1ncnc1CNCCc1nc(C)no1. The summed E-state index contributed by atoms with van der Waals surface area (Å²) in [5.41, 5.74) is 0. The van der Waals surface area contributed by atoms with E-state index in [0.717, 1.165) is 25.3 Å². The summed E-state index contributed by atoms with van der Waals surface area (Å²) in [5, 5.41) is 11.1. The van der Waals surface area contributed by atoms with Crippen molar-refractivity contribution in [2.24, 2.45) is 0 Å². The Morgan fingerprint density at radius 3 is 3.06 bits per heavy atom. The van der Waals surface area contributed by atoms with Crippen molar-refractivity contribution in [1.29, 1.82) is 0 Å². The molecular formula is C10H16N6O. The average molecular weight is 236 g/mol. The van der Waals surface area contributed by atoms with Crippen molar-refractivity contribution in [3.63, 3.8) is 0 Å². The Bertz CT molecular complexity index is 463. The molecule has 0 spiro atoms. The van der Waals surface area contributed by atoms with E-state index in [1.807, 2.05) is 18.5 Å². The van der Waals surface area contributed by atoms with Crippen LogP contribution in [0.2, 0.25) is 0 Å². The molecule has 0 radical (unpaired) electrons. The predicted octanol–water partition coefficient (Wildman–Crippen LogP) is 0.322. The molecule has 2 rings (SSSR count). The Morgan fingerprint density at radius 1 is 1.47 bits per heavy atom. The second kappa shape index (κ2) is 5.53. The standard InChI is InChI=1S/C10H16N6O/c1-3-16-9(12-7-13-16)6-11-5-4-10-14-8(2)15-17-10/h7,11H,3-6H2,1-2H3. The lowest BCUT2D eigenvalue weighted by Crippen LogP contribution is -2.20. The Balaban J connectivity index is 1.73. The van der Waals surface area contributed by atoms with E-state index in [1.54, 1.807) is 6.33 Å². The van der Waals surface area contributed by atoms with Crippen LogP contribution >= 0.6 is 0 Å². The Kier molecular flexibility index (Phi) is 3.81. The van der Waals surface area contributed by atoms with Gasteiger partial charge in [0.05, 0.1) is 6.54 Å². The van der Waals surface area contributed by atoms with Crippen molar-refractivity contribution in [1.82, 2.24) is 30.2 Å². The van der Waals surface area contributed by atoms with Crippen LogP contribution in [0.4, 0.5) is 0 Å². The maximum atomic E-state index is 5.01. The summed E-state index contributed by atoms with van der Waals surface area (Å²) < 4.78 is 6.88. The highest BCUT2D eigenvalue weighted by atomic mass is 16.5. The van der Waals surface area contributed by atoms with Gasteiger partial charge in [-0.15, -0.1) is 0 Å². The summed E-state index contributed by atoms with van der Waals surface area (Å²) in [4.78, 5) is 8.30. The maximum absolute atomic E-state index is 5.01. The maximum Gasteiger partial charge on any atom is 0.227 e. The van der Waals surface area contributed by atoms with E-state index in [0.29, 0.717) is 18.3 Å². The monoisotopic (exact) mass is 236 g/mol. The van der Waals surface area contributed by atoms with Crippen LogP contribution < -0.4 is 5.32 Å². The van der Waals surface area contributed by atoms with Gasteiger partial charge in [-0.05, 0) is 13.8 Å². The van der Waals surface area contributed by atoms with Crippen LogP contribution in [0.25, 0.3) is 0 Å². The van der Waals surface area contributed by atoms with Crippen molar-refractivity contribution >= 4 is 0 Å². The third-order valence-electron chi connectivity index (χ3n) is 2.36. The molecule has 0 aliphatic rings. The molecule has 0 aliphatic heterocycles. The van der Waals surface area contributed by atoms with Crippen molar-refractivity contribution in [2.75, 3.05) is 6.54 Å². The Morgan fingerprint density at radius 2 is 2.35 bits per heavy atom. The van der Waals surface area contributed by atoms with Crippen LogP contribution in [-0.4, -0.2) is 31.4 Å². The van der Waals surface area contributed by atoms with Gasteiger partial charge in [-0.1, -0.05) is 5.16 Å². The highest BCUT2D eigenvalue weighted by Gasteiger charge is 2.04. The molecule has 0 saturated heterocycles. The van der Waals surface area contributed by atoms with Gasteiger partial charge in [-0.2, -0.15) is 10.1 Å². The van der Waals surface area contributed by atoms with Crippen LogP contribution in [-0.2, 0) is 19.5 Å². The van der Waals surface area contributed by atoms with Gasteiger partial charge in [0.1, 0.15) is 12.2 Å². The lowest BCUT2D eigenvalue weighted by Gasteiger charge is -2.03. The zero-order chi connectivity index (χ0) is 12.1. The minimum atomic E-state index is 0.659. The van der Waals surface area contributed by atoms with Gasteiger partial charge in [0.15, 0.2) is 5.82 Å². The minimum Gasteiger partial charge on any atom is -0.339 e. The molecule has 0 amide bonds. The highest BCUT2D eigenvalue weighted by molar-refractivity contribution is 4.86. The number of aromatic nitrogens is 5. The van der Waals surface area contributed by atoms with Crippen molar-refractivity contribution in [2.45, 2.75) is 33.4 Å². The van der Waals surface area contributed by atoms with Crippen LogP contribution in [0.3, 0.4) is 0 Å². The summed E-state index contributed by atoms with van der Waals surface area (Å²) in [6.07, 6.45) is 2.29. The quantitative estimate of drug-likeness (QED) is 0.727. The number of rotatable bonds is 6. The molecule has 0 fully saturated rings. The zero-order valence-corrected chi connectivity index (χ0v) is 10.1. The summed E-state index contributed by atoms with van der Waals surface area (Å²) in [5.74, 6) is 2.27. The largest absolute Gasteiger partial charge is 0.339 e. The number of hydrogen-bond acceptors (Lipinski definition) is 6. The number of nitrogens with zero attached hydrogens (tertiary/aromatic N) is 5. The average Bonchev–Trinajstić information content (AvgIpc) is 2.93. The van der Waals surface area contributed by atoms with Crippen LogP contribution in [0, 0.1) is 6.92 Å². The molecule has 0 bridgehead atoms. The molecule has 7 heteroatoms. The smallest absolute Gasteiger partial charge is 0.227 e. The lowest BCUT2D eigenvalue weighted by molar-refractivity contribution is 0.372. The molecule has 1 N–H and O–H groups in total. The molecule has 2 heterocycles. The minimum absolute atomic E-state index is 0.659. The van der Waals surface area contributed by atoms with E-state index in [1.165, 1.54) is 0 Å². The highest BCUT2D eigenvalue weighted by Crippen LogP contribution is 1.97. The second-order valence-electron chi connectivity index (χ2n) is 3.65. The molecule has 2 aromatic rings. The van der Waals surface area contributed by atoms with E-state index in [4.69, 9.17) is 4.52 Å². The Hall–Kier alpha value is -1.76. The van der Waals surface area contributed by atoms with Crippen molar-refractivity contribution in [3.8, 4) is 0 Å². The normalized spacial score (nSPS) is 10.9. The Labute approximate surface area is 99.2 Å². The predicted molar refractivity (Wildman–Crippen MR) is 60.1 cm³/mol. The molecular weight excluding hydrogens is 220 g/mol. The van der Waals surface area contributed by atoms with Gasteiger partial charge >= 0.3 is 0 Å². The van der Waals surface area contributed by atoms with Gasteiger partial charge in [-0.3, -0.25) is 0 Å². The van der Waals surface area contributed by atoms with Crippen molar-refractivity contribution < 1.29 is 4.52 Å². The first-order chi connectivity index (χ1) is 8.29.